The molecule has 2 aliphatic heterocycles. The molecule has 3 aromatic heterocycles. The van der Waals surface area contributed by atoms with Crippen LogP contribution in [0.5, 0.6) is 0 Å². The second kappa shape index (κ2) is 10.8. The summed E-state index contributed by atoms with van der Waals surface area (Å²) in [5.41, 5.74) is 13.2. The first-order valence-electron chi connectivity index (χ1n) is 15.6. The fraction of sp³-hybridized carbons (Fsp3) is 0.500. The number of nitrogens with zero attached hydrogens (tertiary/aromatic N) is 8. The van der Waals surface area contributed by atoms with E-state index in [0.717, 1.165) is 166 Å². The Kier molecular flexibility index (Phi) is 6.75. The molecule has 3 aromatic rings. The van der Waals surface area contributed by atoms with Crippen molar-refractivity contribution >= 4 is 44.9 Å². The number of rotatable bonds is 0. The van der Waals surface area contributed by atoms with Crippen LogP contribution in [0, 0.1) is 0 Å². The Labute approximate surface area is 253 Å². The van der Waals surface area contributed by atoms with Gasteiger partial charge < -0.3 is 29.9 Å². The molecule has 9 nitrogen and oxygen atoms in total. The molecule has 0 aromatic carbocycles. The van der Waals surface area contributed by atoms with Crippen molar-refractivity contribution in [2.75, 3.05) is 0 Å². The van der Waals surface area contributed by atoms with Gasteiger partial charge in [-0.15, -0.1) is 0 Å². The number of aryl methyl sites for hydroxylation is 4. The van der Waals surface area contributed by atoms with Crippen LogP contribution in [0.4, 0.5) is 0 Å². The van der Waals surface area contributed by atoms with E-state index in [-0.39, 0.29) is 0 Å². The third-order valence-electron chi connectivity index (χ3n) is 9.73. The Morgan fingerprint density at radius 1 is 0.357 bits per heavy atom. The van der Waals surface area contributed by atoms with Crippen molar-refractivity contribution < 1.29 is 21.0 Å². The Hall–Kier alpha value is -3.30. The fourth-order valence-electron chi connectivity index (χ4n) is 7.68. The van der Waals surface area contributed by atoms with Gasteiger partial charge >= 0.3 is 21.0 Å². The van der Waals surface area contributed by atoms with Crippen molar-refractivity contribution in [1.29, 1.82) is 0 Å². The van der Waals surface area contributed by atoms with Crippen LogP contribution in [0.3, 0.4) is 0 Å². The zero-order chi connectivity index (χ0) is 28.2. The Morgan fingerprint density at radius 2 is 0.595 bits per heavy atom. The van der Waals surface area contributed by atoms with E-state index in [2.05, 4.69) is 0 Å². The minimum absolute atomic E-state index is 0.800. The molecule has 9 rings (SSSR count). The number of hydrogen-bond acceptors (Lipinski definition) is 7. The predicted octanol–water partition coefficient (Wildman–Crippen LogP) is 5.76. The van der Waals surface area contributed by atoms with Gasteiger partial charge in [0.15, 0.2) is 0 Å². The van der Waals surface area contributed by atoms with E-state index in [4.69, 9.17) is 43.5 Å². The van der Waals surface area contributed by atoms with E-state index in [0.29, 0.717) is 0 Å². The minimum atomic E-state index is 0.800. The molecule has 42 heavy (non-hydrogen) atoms. The average molecular weight is 596 g/mol. The van der Waals surface area contributed by atoms with Gasteiger partial charge in [-0.3, -0.25) is 0 Å². The summed E-state index contributed by atoms with van der Waals surface area (Å²) >= 11 is 1.06. The molecule has 0 saturated heterocycles. The Morgan fingerprint density at radius 3 is 0.857 bits per heavy atom. The number of allylic oxidation sites excluding steroid dienone is 4. The van der Waals surface area contributed by atoms with Gasteiger partial charge in [-0.1, -0.05) is 0 Å². The van der Waals surface area contributed by atoms with Crippen molar-refractivity contribution in [2.24, 2.45) is 0 Å². The Bertz CT molecular complexity index is 1590. The molecular formula is C32H32N8OV. The van der Waals surface area contributed by atoms with Crippen LogP contribution in [0.25, 0.3) is 44.9 Å². The van der Waals surface area contributed by atoms with E-state index >= 15 is 0 Å². The van der Waals surface area contributed by atoms with Crippen LogP contribution in [0.2, 0.25) is 0 Å². The quantitative estimate of drug-likeness (QED) is 0.319. The summed E-state index contributed by atoms with van der Waals surface area (Å²) in [5, 5.41) is 0. The first-order valence-corrected chi connectivity index (χ1v) is 16.2. The molecular weight excluding hydrogens is 563 g/mol. The van der Waals surface area contributed by atoms with Crippen molar-refractivity contribution in [3.8, 4) is 0 Å². The third kappa shape index (κ3) is 4.27. The summed E-state index contributed by atoms with van der Waals surface area (Å²) in [6.45, 7) is 0. The number of hydrogen-bond donors (Lipinski definition) is 0. The van der Waals surface area contributed by atoms with Crippen LogP contribution >= 0.6 is 0 Å². The van der Waals surface area contributed by atoms with Crippen molar-refractivity contribution in [3.63, 3.8) is 0 Å². The molecule has 211 valence electrons. The summed E-state index contributed by atoms with van der Waals surface area (Å²) in [4.78, 5) is 41.0. The van der Waals surface area contributed by atoms with E-state index in [1.807, 2.05) is 0 Å². The normalized spacial score (nSPS) is 19.4. The zero-order valence-electron chi connectivity index (χ0n) is 23.7. The SMILES string of the molecule is C1CCC2=C(C1)c1nc2nc2[n-]c(nc3nc(nc4[n-]c(n1)c1c4CCCC1)C1=C3CCCC1)c1c2CCCC1.[O]=[V+2]. The second-order valence-corrected chi connectivity index (χ2v) is 12.1. The molecule has 5 heterocycles. The van der Waals surface area contributed by atoms with Gasteiger partial charge in [0.1, 0.15) is 0 Å². The predicted molar refractivity (Wildman–Crippen MR) is 155 cm³/mol. The average Bonchev–Trinajstić information content (AvgIpc) is 3.78. The van der Waals surface area contributed by atoms with Crippen LogP contribution in [-0.2, 0) is 46.7 Å². The van der Waals surface area contributed by atoms with Gasteiger partial charge in [0.05, 0.1) is 23.3 Å². The summed E-state index contributed by atoms with van der Waals surface area (Å²) in [6, 6.07) is 0. The molecule has 0 saturated carbocycles. The monoisotopic (exact) mass is 595 g/mol. The summed E-state index contributed by atoms with van der Waals surface area (Å²) < 4.78 is 8.19. The van der Waals surface area contributed by atoms with Gasteiger partial charge in [0, 0.05) is 22.6 Å². The van der Waals surface area contributed by atoms with Crippen molar-refractivity contribution in [2.45, 2.75) is 103 Å². The second-order valence-electron chi connectivity index (χ2n) is 12.1. The van der Waals surface area contributed by atoms with Crippen molar-refractivity contribution in [1.82, 2.24) is 39.9 Å². The topological polar surface area (TPSA) is 123 Å². The molecule has 0 atom stereocenters. The molecule has 0 spiro atoms. The first kappa shape index (κ1) is 26.3. The number of aromatic nitrogens is 8. The third-order valence-corrected chi connectivity index (χ3v) is 9.73. The first-order chi connectivity index (χ1) is 20.8. The maximum atomic E-state index is 8.19. The standard InChI is InChI=1S/C32H32N8.O.V/c1-2-10-18-17(9-1)25-33-26(18)38-28-21-13-5-6-14-22(21)30(35-28)40-32-24-16-8-7-15-23(24)31(36-32)39-29-20-12-4-3-11-19(20)27(34-29)37-25;;/h1-16H2;;/q-2;;+2. The molecule has 0 amide bonds. The maximum absolute atomic E-state index is 8.19. The fourth-order valence-corrected chi connectivity index (χ4v) is 7.68. The molecule has 6 aliphatic rings. The number of fused-ring (bicyclic) bond motifs is 18. The molecule has 0 radical (unpaired) electrons. The van der Waals surface area contributed by atoms with Gasteiger partial charge in [-0.05, 0) is 147 Å². The van der Waals surface area contributed by atoms with E-state index in [1.165, 1.54) is 44.5 Å². The van der Waals surface area contributed by atoms with Gasteiger partial charge in [-0.25, -0.2) is 9.97 Å². The van der Waals surface area contributed by atoms with Crippen LogP contribution in [0.15, 0.2) is 0 Å². The van der Waals surface area contributed by atoms with Crippen molar-refractivity contribution in [3.05, 3.63) is 45.6 Å². The summed E-state index contributed by atoms with van der Waals surface area (Å²) in [7, 11) is 0. The van der Waals surface area contributed by atoms with Gasteiger partial charge in [0.2, 0.25) is 0 Å². The van der Waals surface area contributed by atoms with Crippen LogP contribution in [-0.4, -0.2) is 29.9 Å². The molecule has 4 aliphatic carbocycles. The van der Waals surface area contributed by atoms with Crippen LogP contribution in [0.1, 0.15) is 123 Å². The molecule has 0 N–H and O–H groups in total. The van der Waals surface area contributed by atoms with E-state index < -0.39 is 0 Å². The van der Waals surface area contributed by atoms with E-state index in [9.17, 15) is 0 Å². The Balaban J connectivity index is 0.00000131. The molecule has 0 unspecified atom stereocenters. The zero-order valence-corrected chi connectivity index (χ0v) is 25.1. The van der Waals surface area contributed by atoms with Crippen LogP contribution < -0.4 is 9.97 Å². The molecule has 8 bridgehead atoms. The van der Waals surface area contributed by atoms with Gasteiger partial charge in [-0.2, -0.15) is 0 Å². The summed E-state index contributed by atoms with van der Waals surface area (Å²) in [5.74, 6) is 3.20. The summed E-state index contributed by atoms with van der Waals surface area (Å²) in [6.07, 6.45) is 17.3. The molecule has 10 heteroatoms. The molecule has 0 fully saturated rings. The van der Waals surface area contributed by atoms with Gasteiger partial charge in [0.25, 0.3) is 0 Å². The van der Waals surface area contributed by atoms with E-state index in [1.54, 1.807) is 0 Å².